The van der Waals surface area contributed by atoms with Crippen LogP contribution in [0.5, 0.6) is 0 Å². The minimum absolute atomic E-state index is 0.0141. The molecule has 0 saturated carbocycles. The highest BCUT2D eigenvalue weighted by Crippen LogP contribution is 2.24. The van der Waals surface area contributed by atoms with Gasteiger partial charge in [0.25, 0.3) is 5.91 Å². The number of benzene rings is 1. The Kier molecular flexibility index (Phi) is 8.16. The summed E-state index contributed by atoms with van der Waals surface area (Å²) in [6.07, 6.45) is -0.331. The molecule has 1 fully saturated rings. The lowest BCUT2D eigenvalue weighted by Gasteiger charge is -2.30. The largest absolute Gasteiger partial charge is 0.376 e. The van der Waals surface area contributed by atoms with Gasteiger partial charge in [-0.1, -0.05) is 32.9 Å². The fourth-order valence-corrected chi connectivity index (χ4v) is 3.84. The zero-order valence-electron chi connectivity index (χ0n) is 18.8. The molecule has 2 amide bonds. The van der Waals surface area contributed by atoms with Crippen molar-refractivity contribution in [2.45, 2.75) is 39.5 Å². The number of fused-ring (bicyclic) bond motifs is 1. The summed E-state index contributed by atoms with van der Waals surface area (Å²) in [6.45, 7) is 6.76. The maximum Gasteiger partial charge on any atom is 0.273 e. The highest BCUT2D eigenvalue weighted by atomic mass is 32.2. The van der Waals surface area contributed by atoms with E-state index in [9.17, 15) is 18.2 Å². The van der Waals surface area contributed by atoms with Crippen LogP contribution in [0.15, 0.2) is 18.2 Å². The third-order valence-corrected chi connectivity index (χ3v) is 5.73. The van der Waals surface area contributed by atoms with Crippen LogP contribution >= 0.6 is 0 Å². The van der Waals surface area contributed by atoms with Crippen LogP contribution in [-0.4, -0.2) is 74.6 Å². The topological polar surface area (TPSA) is 132 Å². The average Bonchev–Trinajstić information content (AvgIpc) is 3.11. The molecular weight excluding hydrogens is 455 g/mol. The maximum atomic E-state index is 14.7. The molecule has 12 heteroatoms. The quantitative estimate of drug-likeness (QED) is 0.478. The molecule has 1 aliphatic heterocycles. The van der Waals surface area contributed by atoms with Crippen molar-refractivity contribution < 1.29 is 32.2 Å². The van der Waals surface area contributed by atoms with E-state index in [1.165, 1.54) is 16.8 Å². The van der Waals surface area contributed by atoms with Gasteiger partial charge in [0, 0.05) is 11.9 Å². The van der Waals surface area contributed by atoms with Gasteiger partial charge in [-0.3, -0.25) is 14.3 Å². The van der Waals surface area contributed by atoms with Gasteiger partial charge in [-0.15, -0.1) is 0 Å². The molecule has 1 aromatic carbocycles. The fourth-order valence-electron chi connectivity index (χ4n) is 3.57. The van der Waals surface area contributed by atoms with Gasteiger partial charge in [-0.2, -0.15) is 5.10 Å². The summed E-state index contributed by atoms with van der Waals surface area (Å²) in [7, 11) is 0. The van der Waals surface area contributed by atoms with E-state index < -0.39 is 40.2 Å². The highest BCUT2D eigenvalue weighted by molar-refractivity contribution is 7.79. The number of nitrogens with zero attached hydrogens (tertiary/aromatic N) is 2. The maximum absolute atomic E-state index is 14.7. The zero-order valence-corrected chi connectivity index (χ0v) is 19.6. The number of ether oxygens (including phenoxy) is 2. The Hall–Kier alpha value is -2.41. The van der Waals surface area contributed by atoms with Crippen molar-refractivity contribution >= 4 is 33.8 Å². The number of para-hydroxylation sites is 1. The molecule has 3 N–H and O–H groups in total. The lowest BCUT2D eigenvalue weighted by atomic mass is 9.86. The first-order valence-corrected chi connectivity index (χ1v) is 11.9. The molecule has 1 aromatic heterocycles. The van der Waals surface area contributed by atoms with Crippen molar-refractivity contribution in [3.63, 3.8) is 0 Å². The van der Waals surface area contributed by atoms with Gasteiger partial charge in [-0.25, -0.2) is 8.60 Å². The number of nitrogens with one attached hydrogen (secondary N) is 2. The molecule has 10 nitrogen and oxygen atoms in total. The van der Waals surface area contributed by atoms with Crippen LogP contribution in [0, 0.1) is 11.2 Å². The summed E-state index contributed by atoms with van der Waals surface area (Å²) in [6, 6.07) is 3.42. The molecule has 2 aromatic rings. The molecule has 0 aliphatic carbocycles. The zero-order chi connectivity index (χ0) is 24.2. The molecule has 0 radical (unpaired) electrons. The van der Waals surface area contributed by atoms with Crippen LogP contribution in [0.25, 0.3) is 10.9 Å². The van der Waals surface area contributed by atoms with Crippen molar-refractivity contribution in [2.75, 3.05) is 32.1 Å². The van der Waals surface area contributed by atoms with Crippen LogP contribution < -0.4 is 10.6 Å². The van der Waals surface area contributed by atoms with Crippen LogP contribution in [-0.2, 0) is 31.9 Å². The molecule has 2 heterocycles. The minimum Gasteiger partial charge on any atom is -0.376 e. The third kappa shape index (κ3) is 6.34. The molecule has 1 aliphatic rings. The lowest BCUT2D eigenvalue weighted by Crippen LogP contribution is -2.54. The summed E-state index contributed by atoms with van der Waals surface area (Å²) in [5.41, 5.74) is -0.520. The Balaban J connectivity index is 1.86. The van der Waals surface area contributed by atoms with E-state index in [2.05, 4.69) is 15.7 Å². The number of halogens is 1. The monoisotopic (exact) mass is 484 g/mol. The molecular formula is C21H29FN4O6S. The molecule has 3 atom stereocenters. The first kappa shape index (κ1) is 25.2. The standard InChI is InChI=1S/C21H29FN4O6S/c1-21(2,3)18(20(28)23-7-10-33(29)30)24-19(27)16-14-5-4-6-15(22)17(14)26(25-16)11-13-12-31-8-9-32-13/h4-6,13,18H,7-12H2,1-3H3,(H,23,28)(H,24,27)(H,29,30)/t13-,18?/m1/s1. The Labute approximate surface area is 193 Å². The van der Waals surface area contributed by atoms with Crippen molar-refractivity contribution in [1.29, 1.82) is 0 Å². The van der Waals surface area contributed by atoms with Gasteiger partial charge >= 0.3 is 0 Å². The number of carbonyl (C=O) groups excluding carboxylic acids is 2. The van der Waals surface area contributed by atoms with Crippen LogP contribution in [0.2, 0.25) is 0 Å². The Bertz CT molecular complexity index is 1030. The summed E-state index contributed by atoms with van der Waals surface area (Å²) >= 11 is -2.05. The summed E-state index contributed by atoms with van der Waals surface area (Å²) in [5, 5.41) is 9.92. The van der Waals surface area contributed by atoms with E-state index in [1.807, 2.05) is 0 Å². The van der Waals surface area contributed by atoms with Gasteiger partial charge < -0.3 is 24.7 Å². The predicted molar refractivity (Wildman–Crippen MR) is 120 cm³/mol. The minimum atomic E-state index is -2.05. The molecule has 1 saturated heterocycles. The van der Waals surface area contributed by atoms with Crippen molar-refractivity contribution in [3.8, 4) is 0 Å². The summed E-state index contributed by atoms with van der Waals surface area (Å²) in [4.78, 5) is 25.9. The number of carbonyl (C=O) groups is 2. The second-order valence-corrected chi connectivity index (χ2v) is 9.87. The van der Waals surface area contributed by atoms with E-state index >= 15 is 0 Å². The molecule has 182 valence electrons. The fraction of sp³-hybridized carbons (Fsp3) is 0.571. The Morgan fingerprint density at radius 3 is 2.76 bits per heavy atom. The molecule has 0 bridgehead atoms. The lowest BCUT2D eigenvalue weighted by molar-refractivity contribution is -0.125. The first-order valence-electron chi connectivity index (χ1n) is 10.6. The molecule has 3 rings (SSSR count). The molecule has 2 unspecified atom stereocenters. The molecule has 0 spiro atoms. The van der Waals surface area contributed by atoms with Gasteiger partial charge in [0.2, 0.25) is 5.91 Å². The van der Waals surface area contributed by atoms with Crippen LogP contribution in [0.4, 0.5) is 4.39 Å². The SMILES string of the molecule is CC(C)(C)C(NC(=O)c1nn(C[C@@H]2COCCO2)c2c(F)cccc12)C(=O)NCCS(=O)O. The normalized spacial score (nSPS) is 18.6. The highest BCUT2D eigenvalue weighted by Gasteiger charge is 2.34. The van der Waals surface area contributed by atoms with E-state index in [1.54, 1.807) is 26.8 Å². The van der Waals surface area contributed by atoms with Crippen molar-refractivity contribution in [2.24, 2.45) is 5.41 Å². The van der Waals surface area contributed by atoms with E-state index in [0.29, 0.717) is 25.2 Å². The second-order valence-electron chi connectivity index (χ2n) is 8.82. The van der Waals surface area contributed by atoms with Gasteiger partial charge in [0.15, 0.2) is 16.8 Å². The smallest absolute Gasteiger partial charge is 0.273 e. The summed E-state index contributed by atoms with van der Waals surface area (Å²) in [5.74, 6) is -1.79. The third-order valence-electron chi connectivity index (χ3n) is 5.18. The van der Waals surface area contributed by atoms with E-state index in [4.69, 9.17) is 14.0 Å². The number of hydrogen-bond acceptors (Lipinski definition) is 6. The first-order chi connectivity index (χ1) is 15.6. The summed E-state index contributed by atoms with van der Waals surface area (Å²) < 4.78 is 46.8. The predicted octanol–water partition coefficient (Wildman–Crippen LogP) is 1.07. The van der Waals surface area contributed by atoms with Crippen molar-refractivity contribution in [3.05, 3.63) is 29.7 Å². The second kappa shape index (κ2) is 10.7. The number of hydrogen-bond donors (Lipinski definition) is 3. The number of rotatable bonds is 8. The number of amides is 2. The van der Waals surface area contributed by atoms with Crippen molar-refractivity contribution in [1.82, 2.24) is 20.4 Å². The molecule has 33 heavy (non-hydrogen) atoms. The van der Waals surface area contributed by atoms with Gasteiger partial charge in [0.1, 0.15) is 23.5 Å². The Morgan fingerprint density at radius 1 is 1.36 bits per heavy atom. The van der Waals surface area contributed by atoms with Gasteiger partial charge in [0.05, 0.1) is 32.1 Å². The van der Waals surface area contributed by atoms with Gasteiger partial charge in [-0.05, 0) is 11.5 Å². The van der Waals surface area contributed by atoms with E-state index in [0.717, 1.165) is 0 Å². The Morgan fingerprint density at radius 2 is 2.12 bits per heavy atom. The number of aromatic nitrogens is 2. The average molecular weight is 485 g/mol. The van der Waals surface area contributed by atoms with E-state index in [-0.39, 0.29) is 36.2 Å². The van der Waals surface area contributed by atoms with Crippen LogP contribution in [0.1, 0.15) is 31.3 Å². The van der Waals surface area contributed by atoms with Crippen LogP contribution in [0.3, 0.4) is 0 Å².